The molecular weight excluding hydrogens is 493 g/mol. The predicted molar refractivity (Wildman–Crippen MR) is 115 cm³/mol. The van der Waals surface area contributed by atoms with Gasteiger partial charge in [-0.1, -0.05) is 0 Å². The van der Waals surface area contributed by atoms with E-state index in [0.29, 0.717) is 12.8 Å². The molecule has 35 heavy (non-hydrogen) atoms. The second kappa shape index (κ2) is 9.45. The highest BCUT2D eigenvalue weighted by Crippen LogP contribution is 2.35. The summed E-state index contributed by atoms with van der Waals surface area (Å²) >= 11 is 0. The van der Waals surface area contributed by atoms with Crippen molar-refractivity contribution in [1.82, 2.24) is 14.7 Å². The molecule has 2 aromatic rings. The number of likely N-dealkylation sites (tertiary alicyclic amines) is 1. The molecule has 0 bridgehead atoms. The highest BCUT2D eigenvalue weighted by atomic mass is 32.2. The molecule has 0 unspecified atom stereocenters. The van der Waals surface area contributed by atoms with Gasteiger partial charge in [0, 0.05) is 25.0 Å². The van der Waals surface area contributed by atoms with Crippen molar-refractivity contribution in [3.8, 4) is 6.07 Å². The highest BCUT2D eigenvalue weighted by Gasteiger charge is 2.46. The Labute approximate surface area is 198 Å². The number of piperidine rings is 1. The number of benzene rings is 1. The lowest BCUT2D eigenvalue weighted by Crippen LogP contribution is -2.48. The molecular formula is C20H21F3N6O5S. The summed E-state index contributed by atoms with van der Waals surface area (Å²) < 4.78 is 67.5. The van der Waals surface area contributed by atoms with E-state index in [9.17, 15) is 36.4 Å². The smallest absolute Gasteiger partial charge is 0.453 e. The Bertz CT molecular complexity index is 1260. The second-order valence-electron chi connectivity index (χ2n) is 7.82. The van der Waals surface area contributed by atoms with Crippen LogP contribution in [0.4, 0.5) is 29.5 Å². The number of nitrogens with two attached hydrogens (primary N) is 1. The Morgan fingerprint density at radius 1 is 1.26 bits per heavy atom. The Morgan fingerprint density at radius 2 is 1.86 bits per heavy atom. The zero-order chi connectivity index (χ0) is 26.0. The second-order valence-corrected chi connectivity index (χ2v) is 9.76. The van der Waals surface area contributed by atoms with Crippen molar-refractivity contribution < 1.29 is 35.9 Å². The van der Waals surface area contributed by atoms with Gasteiger partial charge in [0.2, 0.25) is 0 Å². The van der Waals surface area contributed by atoms with Gasteiger partial charge in [0.1, 0.15) is 5.56 Å². The van der Waals surface area contributed by atoms with Gasteiger partial charge in [-0.3, -0.25) is 9.48 Å². The molecule has 2 amide bonds. The van der Waals surface area contributed by atoms with Gasteiger partial charge in [-0.2, -0.15) is 23.5 Å². The van der Waals surface area contributed by atoms with Crippen LogP contribution >= 0.6 is 0 Å². The molecule has 1 fully saturated rings. The Balaban J connectivity index is 1.91. The van der Waals surface area contributed by atoms with E-state index in [1.165, 1.54) is 22.9 Å². The number of primary amides is 1. The lowest BCUT2D eigenvalue weighted by atomic mass is 9.85. The Kier molecular flexibility index (Phi) is 6.97. The standard InChI is InChI=1S/C20H21F3N6O5S/c1-34-18(31)28-10-7-19(6-9-24,8-11-28)29-12-15(16(25)30)17(27-29)26-13-2-4-14(5-3-13)35(32,33)20(21,22)23/h2-5,12H,6-8,10-11H2,1H3,(H2,25,30)(H,26,27). The Morgan fingerprint density at radius 3 is 2.34 bits per heavy atom. The van der Waals surface area contributed by atoms with Gasteiger partial charge in [-0.05, 0) is 37.1 Å². The molecule has 188 valence electrons. The third-order valence-electron chi connectivity index (χ3n) is 5.73. The summed E-state index contributed by atoms with van der Waals surface area (Å²) in [6.45, 7) is 0.552. The molecule has 1 aliphatic rings. The molecule has 0 spiro atoms. The van der Waals surface area contributed by atoms with E-state index in [0.717, 1.165) is 24.3 Å². The largest absolute Gasteiger partial charge is 0.501 e. The zero-order valence-corrected chi connectivity index (χ0v) is 19.2. The fraction of sp³-hybridized carbons (Fsp3) is 0.400. The predicted octanol–water partition coefficient (Wildman–Crippen LogP) is 2.49. The van der Waals surface area contributed by atoms with Gasteiger partial charge in [0.25, 0.3) is 15.7 Å². The highest BCUT2D eigenvalue weighted by molar-refractivity contribution is 7.92. The molecule has 0 aliphatic carbocycles. The van der Waals surface area contributed by atoms with Gasteiger partial charge in [0.15, 0.2) is 5.82 Å². The number of methoxy groups -OCH3 is 1. The van der Waals surface area contributed by atoms with E-state index in [4.69, 9.17) is 10.5 Å². The number of halogens is 3. The molecule has 0 saturated carbocycles. The van der Waals surface area contributed by atoms with E-state index in [2.05, 4.69) is 16.5 Å². The van der Waals surface area contributed by atoms with Gasteiger partial charge in [-0.15, -0.1) is 0 Å². The van der Waals surface area contributed by atoms with E-state index >= 15 is 0 Å². The first-order valence-electron chi connectivity index (χ1n) is 10.1. The Hall–Kier alpha value is -3.80. The molecule has 0 radical (unpaired) electrons. The van der Waals surface area contributed by atoms with E-state index in [1.807, 2.05) is 0 Å². The van der Waals surface area contributed by atoms with Gasteiger partial charge < -0.3 is 20.7 Å². The van der Waals surface area contributed by atoms with Crippen LogP contribution in [-0.2, 0) is 20.1 Å². The first-order chi connectivity index (χ1) is 16.3. The monoisotopic (exact) mass is 514 g/mol. The van der Waals surface area contributed by atoms with Crippen LogP contribution < -0.4 is 11.1 Å². The number of carbonyl (C=O) groups excluding carboxylic acids is 2. The minimum atomic E-state index is -5.51. The molecule has 1 aromatic carbocycles. The summed E-state index contributed by atoms with van der Waals surface area (Å²) in [6.07, 6.45) is 1.54. The molecule has 3 N–H and O–H groups in total. The number of rotatable bonds is 6. The van der Waals surface area contributed by atoms with Crippen molar-refractivity contribution >= 4 is 33.3 Å². The third-order valence-corrected chi connectivity index (χ3v) is 7.24. The molecule has 15 heteroatoms. The molecule has 0 atom stereocenters. The van der Waals surface area contributed by atoms with Crippen molar-refractivity contribution in [3.63, 3.8) is 0 Å². The number of nitrogens with zero attached hydrogens (tertiary/aromatic N) is 4. The van der Waals surface area contributed by atoms with Crippen molar-refractivity contribution in [2.24, 2.45) is 5.73 Å². The molecule has 11 nitrogen and oxygen atoms in total. The number of ether oxygens (including phenoxy) is 1. The van der Waals surface area contributed by atoms with Crippen LogP contribution in [0.25, 0.3) is 0 Å². The summed E-state index contributed by atoms with van der Waals surface area (Å²) in [4.78, 5) is 24.4. The first-order valence-corrected chi connectivity index (χ1v) is 11.6. The summed E-state index contributed by atoms with van der Waals surface area (Å²) in [5.74, 6) is -0.884. The molecule has 2 heterocycles. The lowest BCUT2D eigenvalue weighted by Gasteiger charge is -2.40. The van der Waals surface area contributed by atoms with Crippen LogP contribution in [0.1, 0.15) is 29.6 Å². The molecule has 3 rings (SSSR count). The molecule has 1 aliphatic heterocycles. The third kappa shape index (κ3) is 5.02. The number of alkyl halides is 3. The zero-order valence-electron chi connectivity index (χ0n) is 18.4. The van der Waals surface area contributed by atoms with Crippen molar-refractivity contribution in [2.45, 2.75) is 35.2 Å². The number of anilines is 2. The number of nitriles is 1. The first kappa shape index (κ1) is 25.8. The normalized spacial score (nSPS) is 15.8. The maximum atomic E-state index is 12.8. The number of hydrogen-bond acceptors (Lipinski definition) is 8. The fourth-order valence-electron chi connectivity index (χ4n) is 3.75. The number of carbonyl (C=O) groups is 2. The van der Waals surface area contributed by atoms with E-state index < -0.39 is 37.8 Å². The number of aromatic nitrogens is 2. The van der Waals surface area contributed by atoms with Crippen LogP contribution in [-0.4, -0.2) is 60.8 Å². The van der Waals surface area contributed by atoms with Gasteiger partial charge in [-0.25, -0.2) is 13.2 Å². The maximum absolute atomic E-state index is 12.8. The van der Waals surface area contributed by atoms with Crippen LogP contribution in [0.3, 0.4) is 0 Å². The average molecular weight is 514 g/mol. The van der Waals surface area contributed by atoms with Crippen molar-refractivity contribution in [3.05, 3.63) is 36.0 Å². The average Bonchev–Trinajstić information content (AvgIpc) is 3.23. The van der Waals surface area contributed by atoms with Crippen LogP contribution in [0.15, 0.2) is 35.4 Å². The summed E-state index contributed by atoms with van der Waals surface area (Å²) in [7, 11) is -4.26. The van der Waals surface area contributed by atoms with Gasteiger partial charge in [0.05, 0.1) is 30.0 Å². The number of sulfone groups is 1. The van der Waals surface area contributed by atoms with Gasteiger partial charge >= 0.3 is 11.6 Å². The lowest BCUT2D eigenvalue weighted by molar-refractivity contribution is -0.0436. The van der Waals surface area contributed by atoms with Crippen LogP contribution in [0, 0.1) is 11.3 Å². The van der Waals surface area contributed by atoms with Crippen molar-refractivity contribution in [2.75, 3.05) is 25.5 Å². The molecule has 1 saturated heterocycles. The SMILES string of the molecule is COC(=O)N1CCC(CC#N)(n2cc(C(N)=O)c(Nc3ccc(S(=O)(=O)C(F)(F)F)cc3)n2)CC1. The minimum Gasteiger partial charge on any atom is -0.453 e. The van der Waals surface area contributed by atoms with Crippen LogP contribution in [0.2, 0.25) is 0 Å². The summed E-state index contributed by atoms with van der Waals surface area (Å²) in [5, 5.41) is 16.5. The van der Waals surface area contributed by atoms with E-state index in [-0.39, 0.29) is 36.6 Å². The maximum Gasteiger partial charge on any atom is 0.501 e. The quantitative estimate of drug-likeness (QED) is 0.594. The number of amides is 2. The number of nitrogens with one attached hydrogen (secondary N) is 1. The minimum absolute atomic E-state index is 0.0192. The summed E-state index contributed by atoms with van der Waals surface area (Å²) in [6, 6.07) is 5.80. The van der Waals surface area contributed by atoms with Crippen LogP contribution in [0.5, 0.6) is 0 Å². The van der Waals surface area contributed by atoms with E-state index in [1.54, 1.807) is 0 Å². The van der Waals surface area contributed by atoms with Crippen molar-refractivity contribution in [1.29, 1.82) is 5.26 Å². The number of hydrogen-bond donors (Lipinski definition) is 2. The fourth-order valence-corrected chi connectivity index (χ4v) is 4.51. The summed E-state index contributed by atoms with van der Waals surface area (Å²) in [5.41, 5.74) is -0.737. The molecule has 1 aromatic heterocycles. The topological polar surface area (TPSA) is 160 Å².